The van der Waals surface area contributed by atoms with Gasteiger partial charge in [-0.3, -0.25) is 4.79 Å². The van der Waals surface area contributed by atoms with Crippen LogP contribution in [0, 0.1) is 6.92 Å². The number of Topliss-reactive ketones (excluding diaryl/α,β-unsaturated/α-hetero) is 1. The minimum absolute atomic E-state index is 0.0511. The highest BCUT2D eigenvalue weighted by atomic mass is 16.5. The minimum atomic E-state index is 0.0511. The van der Waals surface area contributed by atoms with Gasteiger partial charge < -0.3 is 9.47 Å². The maximum Gasteiger partial charge on any atom is 0.204 e. The van der Waals surface area contributed by atoms with Gasteiger partial charge in [0.2, 0.25) is 5.78 Å². The lowest BCUT2D eigenvalue weighted by atomic mass is 10.1. The van der Waals surface area contributed by atoms with E-state index in [4.69, 9.17) is 9.47 Å². The molecule has 0 aromatic heterocycles. The van der Waals surface area contributed by atoms with E-state index in [1.54, 1.807) is 13.2 Å². The summed E-state index contributed by atoms with van der Waals surface area (Å²) in [7, 11) is 1.60. The van der Waals surface area contributed by atoms with Crippen molar-refractivity contribution in [2.75, 3.05) is 13.7 Å². The molecule has 1 heterocycles. The second kappa shape index (κ2) is 2.76. The molecule has 0 saturated heterocycles. The first-order valence-electron chi connectivity index (χ1n) is 4.07. The van der Waals surface area contributed by atoms with E-state index in [0.717, 1.165) is 11.3 Å². The summed E-state index contributed by atoms with van der Waals surface area (Å²) in [5.74, 6) is 1.42. The van der Waals surface area contributed by atoms with Crippen molar-refractivity contribution in [2.45, 2.75) is 6.92 Å². The Morgan fingerprint density at radius 2 is 2.23 bits per heavy atom. The summed E-state index contributed by atoms with van der Waals surface area (Å²) < 4.78 is 10.3. The molecule has 0 aliphatic carbocycles. The molecule has 3 heteroatoms. The highest BCUT2D eigenvalue weighted by Gasteiger charge is 2.23. The largest absolute Gasteiger partial charge is 0.497 e. The summed E-state index contributed by atoms with van der Waals surface area (Å²) in [6, 6.07) is 3.58. The molecule has 1 aromatic rings. The van der Waals surface area contributed by atoms with Crippen LogP contribution in [0.3, 0.4) is 0 Å². The zero-order chi connectivity index (χ0) is 9.42. The average Bonchev–Trinajstić information content (AvgIpc) is 2.48. The van der Waals surface area contributed by atoms with E-state index in [1.165, 1.54) is 0 Å². The van der Waals surface area contributed by atoms with E-state index < -0.39 is 0 Å². The van der Waals surface area contributed by atoms with Gasteiger partial charge in [0.05, 0.1) is 12.7 Å². The highest BCUT2D eigenvalue weighted by molar-refractivity contribution is 6.03. The number of aryl methyl sites for hydroxylation is 1. The maximum absolute atomic E-state index is 11.3. The topological polar surface area (TPSA) is 35.5 Å². The average molecular weight is 178 g/mol. The molecule has 1 aliphatic heterocycles. The van der Waals surface area contributed by atoms with Gasteiger partial charge in [0.25, 0.3) is 0 Å². The molecule has 1 aliphatic rings. The zero-order valence-corrected chi connectivity index (χ0v) is 7.59. The van der Waals surface area contributed by atoms with Gasteiger partial charge in [-0.1, -0.05) is 0 Å². The smallest absolute Gasteiger partial charge is 0.204 e. The van der Waals surface area contributed by atoms with Crippen LogP contribution < -0.4 is 9.47 Å². The van der Waals surface area contributed by atoms with Crippen LogP contribution in [0.4, 0.5) is 0 Å². The van der Waals surface area contributed by atoms with Gasteiger partial charge in [-0.05, 0) is 18.6 Å². The molecule has 0 radical (unpaired) electrons. The van der Waals surface area contributed by atoms with Crippen LogP contribution in [-0.2, 0) is 0 Å². The number of methoxy groups -OCH3 is 1. The molecule has 13 heavy (non-hydrogen) atoms. The summed E-state index contributed by atoms with van der Waals surface area (Å²) in [4.78, 5) is 11.3. The first-order valence-corrected chi connectivity index (χ1v) is 4.07. The van der Waals surface area contributed by atoms with Crippen molar-refractivity contribution in [1.29, 1.82) is 0 Å². The molecule has 0 bridgehead atoms. The second-order valence-corrected chi connectivity index (χ2v) is 3.03. The number of ketones is 1. The number of fused-ring (bicyclic) bond motifs is 1. The molecule has 1 aromatic carbocycles. The fourth-order valence-electron chi connectivity index (χ4n) is 1.53. The standard InChI is InChI=1S/C10H10O3/c1-6-3-7(12-2)4-9-10(6)8(11)5-13-9/h3-4H,5H2,1-2H3. The normalized spacial score (nSPS) is 13.8. The van der Waals surface area contributed by atoms with E-state index in [-0.39, 0.29) is 12.4 Å². The third kappa shape index (κ3) is 1.16. The Bertz CT molecular complexity index is 369. The number of carbonyl (C=O) groups is 1. The summed E-state index contributed by atoms with van der Waals surface area (Å²) in [5.41, 5.74) is 1.61. The lowest BCUT2D eigenvalue weighted by Crippen LogP contribution is -2.00. The fraction of sp³-hybridized carbons (Fsp3) is 0.300. The Balaban J connectivity index is 2.59. The van der Waals surface area contributed by atoms with E-state index in [1.807, 2.05) is 13.0 Å². The molecule has 0 fully saturated rings. The van der Waals surface area contributed by atoms with E-state index in [0.29, 0.717) is 11.3 Å². The molecular formula is C10H10O3. The summed E-state index contributed by atoms with van der Waals surface area (Å²) in [5, 5.41) is 0. The molecule has 0 N–H and O–H groups in total. The van der Waals surface area contributed by atoms with Crippen molar-refractivity contribution in [3.8, 4) is 11.5 Å². The maximum atomic E-state index is 11.3. The lowest BCUT2D eigenvalue weighted by Gasteiger charge is -2.04. The first kappa shape index (κ1) is 8.10. The van der Waals surface area contributed by atoms with Crippen LogP contribution in [0.15, 0.2) is 12.1 Å². The van der Waals surface area contributed by atoms with Gasteiger partial charge in [0.1, 0.15) is 11.5 Å². The van der Waals surface area contributed by atoms with Crippen molar-refractivity contribution in [2.24, 2.45) is 0 Å². The molecule has 0 saturated carbocycles. The SMILES string of the molecule is COc1cc(C)c2c(c1)OCC2=O. The van der Waals surface area contributed by atoms with Crippen molar-refractivity contribution in [3.63, 3.8) is 0 Å². The van der Waals surface area contributed by atoms with Crippen LogP contribution in [0.25, 0.3) is 0 Å². The number of rotatable bonds is 1. The van der Waals surface area contributed by atoms with Gasteiger partial charge in [-0.2, -0.15) is 0 Å². The Morgan fingerprint density at radius 1 is 1.46 bits per heavy atom. The van der Waals surface area contributed by atoms with Crippen molar-refractivity contribution >= 4 is 5.78 Å². The molecular weight excluding hydrogens is 168 g/mol. The molecule has 3 nitrogen and oxygen atoms in total. The third-order valence-corrected chi connectivity index (χ3v) is 2.15. The quantitative estimate of drug-likeness (QED) is 0.655. The number of carbonyl (C=O) groups excluding carboxylic acids is 1. The van der Waals surface area contributed by atoms with E-state index in [9.17, 15) is 4.79 Å². The number of hydrogen-bond donors (Lipinski definition) is 0. The second-order valence-electron chi connectivity index (χ2n) is 3.03. The van der Waals surface area contributed by atoms with Crippen LogP contribution in [0.1, 0.15) is 15.9 Å². The van der Waals surface area contributed by atoms with Gasteiger partial charge in [-0.15, -0.1) is 0 Å². The van der Waals surface area contributed by atoms with Crippen LogP contribution in [0.5, 0.6) is 11.5 Å². The monoisotopic (exact) mass is 178 g/mol. The van der Waals surface area contributed by atoms with Crippen LogP contribution in [0.2, 0.25) is 0 Å². The number of ether oxygens (including phenoxy) is 2. The summed E-state index contributed by atoms with van der Waals surface area (Å²) in [6.07, 6.45) is 0. The fourth-order valence-corrected chi connectivity index (χ4v) is 1.53. The number of hydrogen-bond acceptors (Lipinski definition) is 3. The predicted molar refractivity (Wildman–Crippen MR) is 47.6 cm³/mol. The van der Waals surface area contributed by atoms with Crippen LogP contribution >= 0.6 is 0 Å². The van der Waals surface area contributed by atoms with E-state index in [2.05, 4.69) is 0 Å². The molecule has 2 rings (SSSR count). The number of benzene rings is 1. The van der Waals surface area contributed by atoms with Gasteiger partial charge in [0.15, 0.2) is 6.61 Å². The van der Waals surface area contributed by atoms with Crippen molar-refractivity contribution in [3.05, 3.63) is 23.3 Å². The zero-order valence-electron chi connectivity index (χ0n) is 7.59. The van der Waals surface area contributed by atoms with Gasteiger partial charge >= 0.3 is 0 Å². The van der Waals surface area contributed by atoms with Crippen molar-refractivity contribution < 1.29 is 14.3 Å². The highest BCUT2D eigenvalue weighted by Crippen LogP contribution is 2.32. The molecule has 0 atom stereocenters. The Kier molecular flexibility index (Phi) is 1.72. The summed E-state index contributed by atoms with van der Waals surface area (Å²) >= 11 is 0. The molecule has 0 unspecified atom stereocenters. The van der Waals surface area contributed by atoms with Crippen LogP contribution in [-0.4, -0.2) is 19.5 Å². The first-order chi connectivity index (χ1) is 6.22. The molecule has 0 amide bonds. The Labute approximate surface area is 76.3 Å². The predicted octanol–water partition coefficient (Wildman–Crippen LogP) is 1.58. The summed E-state index contributed by atoms with van der Waals surface area (Å²) in [6.45, 7) is 2.04. The molecule has 68 valence electrons. The minimum Gasteiger partial charge on any atom is -0.497 e. The third-order valence-electron chi connectivity index (χ3n) is 2.15. The lowest BCUT2D eigenvalue weighted by molar-refractivity contribution is 0.0961. The van der Waals surface area contributed by atoms with Gasteiger partial charge in [0, 0.05) is 6.07 Å². The van der Waals surface area contributed by atoms with E-state index >= 15 is 0 Å². The Morgan fingerprint density at radius 3 is 2.92 bits per heavy atom. The molecule has 0 spiro atoms. The van der Waals surface area contributed by atoms with Gasteiger partial charge in [-0.25, -0.2) is 0 Å². The van der Waals surface area contributed by atoms with Crippen molar-refractivity contribution in [1.82, 2.24) is 0 Å². The Hall–Kier alpha value is -1.51.